The molecule has 0 aliphatic carbocycles. The van der Waals surface area contributed by atoms with Crippen molar-refractivity contribution < 1.29 is 18.1 Å². The summed E-state index contributed by atoms with van der Waals surface area (Å²) in [6.45, 7) is 4.94. The number of sulfonamides is 1. The van der Waals surface area contributed by atoms with E-state index in [2.05, 4.69) is 11.6 Å². The van der Waals surface area contributed by atoms with Crippen molar-refractivity contribution in [3.8, 4) is 0 Å². The summed E-state index contributed by atoms with van der Waals surface area (Å²) in [5.41, 5.74) is 0.519. The molecule has 10 heteroatoms. The third-order valence-corrected chi connectivity index (χ3v) is 7.69. The van der Waals surface area contributed by atoms with E-state index in [9.17, 15) is 23.3 Å². The fourth-order valence-electron chi connectivity index (χ4n) is 3.54. The van der Waals surface area contributed by atoms with Crippen LogP contribution in [0.15, 0.2) is 46.2 Å². The number of amides is 1. The van der Waals surface area contributed by atoms with Gasteiger partial charge in [-0.15, -0.1) is 11.8 Å². The average molecular weight is 464 g/mol. The van der Waals surface area contributed by atoms with Gasteiger partial charge in [0.05, 0.1) is 26.6 Å². The average Bonchev–Trinajstić information content (AvgIpc) is 2.74. The number of nitrogens with zero attached hydrogens (tertiary/aromatic N) is 2. The van der Waals surface area contributed by atoms with Gasteiger partial charge < -0.3 is 4.90 Å². The molecule has 0 atom stereocenters. The van der Waals surface area contributed by atoms with Crippen LogP contribution in [0.4, 0.5) is 11.4 Å². The van der Waals surface area contributed by atoms with E-state index in [4.69, 9.17) is 0 Å². The summed E-state index contributed by atoms with van der Waals surface area (Å²) in [5.74, 6) is 0.387. The maximum absolute atomic E-state index is 13.1. The molecule has 2 aromatic carbocycles. The summed E-state index contributed by atoms with van der Waals surface area (Å²) >= 11 is 1.38. The first-order valence-corrected chi connectivity index (χ1v) is 12.6. The van der Waals surface area contributed by atoms with Gasteiger partial charge in [-0.05, 0) is 56.2 Å². The number of thioether (sulfide) groups is 1. The molecule has 0 spiro atoms. The Morgan fingerprint density at radius 3 is 2.52 bits per heavy atom. The van der Waals surface area contributed by atoms with Crippen molar-refractivity contribution in [3.05, 3.63) is 57.6 Å². The van der Waals surface area contributed by atoms with Gasteiger partial charge in [0.2, 0.25) is 0 Å². The molecule has 8 nitrogen and oxygen atoms in total. The first kappa shape index (κ1) is 23.1. The number of nitro groups is 1. The number of nitro benzene ring substituents is 1. The minimum atomic E-state index is -4.05. The SMILES string of the molecule is CSc1ccc(S(=O)(=O)Nc2cccc([N+](=O)[O-])c2C)cc1C(=O)N1CCC(C)CC1. The Morgan fingerprint density at radius 2 is 1.90 bits per heavy atom. The number of piperidine rings is 1. The fourth-order valence-corrected chi connectivity index (χ4v) is 5.26. The molecule has 3 rings (SSSR count). The Hall–Kier alpha value is -2.59. The molecule has 1 aliphatic rings. The standard InChI is InChI=1S/C21H25N3O5S2/c1-14-9-11-23(12-10-14)21(25)17-13-16(7-8-20(17)30-3)31(28,29)22-18-5-4-6-19(15(18)2)24(26)27/h4-8,13-14,22H,9-12H2,1-3H3. The Morgan fingerprint density at radius 1 is 1.23 bits per heavy atom. The third kappa shape index (κ3) is 5.01. The highest BCUT2D eigenvalue weighted by molar-refractivity contribution is 7.98. The highest BCUT2D eigenvalue weighted by Gasteiger charge is 2.26. The molecule has 0 unspecified atom stereocenters. The summed E-state index contributed by atoms with van der Waals surface area (Å²) in [5, 5.41) is 11.2. The third-order valence-electron chi connectivity index (χ3n) is 5.53. The topological polar surface area (TPSA) is 110 Å². The van der Waals surface area contributed by atoms with E-state index in [-0.39, 0.29) is 27.7 Å². The van der Waals surface area contributed by atoms with Crippen molar-refractivity contribution in [2.45, 2.75) is 36.5 Å². The largest absolute Gasteiger partial charge is 0.339 e. The zero-order chi connectivity index (χ0) is 22.8. The van der Waals surface area contributed by atoms with E-state index in [0.717, 1.165) is 12.8 Å². The predicted octanol–water partition coefficient (Wildman–Crippen LogP) is 4.30. The van der Waals surface area contributed by atoms with Gasteiger partial charge >= 0.3 is 0 Å². The molecule has 1 aliphatic heterocycles. The summed E-state index contributed by atoms with van der Waals surface area (Å²) in [4.78, 5) is 26.1. The molecule has 1 heterocycles. The molecule has 1 saturated heterocycles. The normalized spacial score (nSPS) is 15.0. The number of nitrogens with one attached hydrogen (secondary N) is 1. The first-order valence-electron chi connectivity index (χ1n) is 9.88. The van der Waals surface area contributed by atoms with E-state index < -0.39 is 14.9 Å². The molecule has 1 amide bonds. The van der Waals surface area contributed by atoms with Gasteiger partial charge in [-0.1, -0.05) is 13.0 Å². The second kappa shape index (κ2) is 9.27. The monoisotopic (exact) mass is 463 g/mol. The van der Waals surface area contributed by atoms with Crippen molar-refractivity contribution in [2.24, 2.45) is 5.92 Å². The van der Waals surface area contributed by atoms with Gasteiger partial charge in [0.1, 0.15) is 0 Å². The molecular weight excluding hydrogens is 438 g/mol. The van der Waals surface area contributed by atoms with Crippen LogP contribution >= 0.6 is 11.8 Å². The van der Waals surface area contributed by atoms with Gasteiger partial charge in [0, 0.05) is 24.1 Å². The van der Waals surface area contributed by atoms with E-state index in [1.165, 1.54) is 49.0 Å². The van der Waals surface area contributed by atoms with E-state index in [0.29, 0.717) is 29.5 Å². The Bertz CT molecular complexity index is 1110. The Kier molecular flexibility index (Phi) is 6.90. The number of benzene rings is 2. The van der Waals surface area contributed by atoms with Crippen LogP contribution < -0.4 is 4.72 Å². The fraction of sp³-hybridized carbons (Fsp3) is 0.381. The quantitative estimate of drug-likeness (QED) is 0.389. The van der Waals surface area contributed by atoms with Gasteiger partial charge in [-0.2, -0.15) is 0 Å². The first-order chi connectivity index (χ1) is 14.6. The second-order valence-electron chi connectivity index (χ2n) is 7.65. The van der Waals surface area contributed by atoms with Crippen LogP contribution in [0, 0.1) is 23.0 Å². The van der Waals surface area contributed by atoms with Crippen LogP contribution in [0.3, 0.4) is 0 Å². The van der Waals surface area contributed by atoms with E-state index in [1.54, 1.807) is 11.0 Å². The van der Waals surface area contributed by atoms with Crippen LogP contribution in [0.5, 0.6) is 0 Å². The number of likely N-dealkylation sites (tertiary alicyclic amines) is 1. The molecule has 0 aromatic heterocycles. The van der Waals surface area contributed by atoms with Crippen molar-refractivity contribution in [1.82, 2.24) is 4.90 Å². The highest BCUT2D eigenvalue weighted by atomic mass is 32.2. The summed E-state index contributed by atoms with van der Waals surface area (Å²) in [7, 11) is -4.05. The molecule has 1 N–H and O–H groups in total. The summed E-state index contributed by atoms with van der Waals surface area (Å²) < 4.78 is 28.5. The van der Waals surface area contributed by atoms with Gasteiger partial charge in [0.15, 0.2) is 0 Å². The molecular formula is C21H25N3O5S2. The summed E-state index contributed by atoms with van der Waals surface area (Å²) in [6, 6.07) is 8.66. The number of anilines is 1. The van der Waals surface area contributed by atoms with Gasteiger partial charge in [-0.25, -0.2) is 8.42 Å². The van der Waals surface area contributed by atoms with Gasteiger partial charge in [0.25, 0.3) is 21.6 Å². The van der Waals surface area contributed by atoms with Crippen LogP contribution in [0.25, 0.3) is 0 Å². The Labute approximate surface area is 186 Å². The lowest BCUT2D eigenvalue weighted by molar-refractivity contribution is -0.385. The van der Waals surface area contributed by atoms with Crippen molar-refractivity contribution in [1.29, 1.82) is 0 Å². The minimum Gasteiger partial charge on any atom is -0.339 e. The van der Waals surface area contributed by atoms with Crippen molar-refractivity contribution in [2.75, 3.05) is 24.1 Å². The number of carbonyl (C=O) groups excluding carboxylic acids is 1. The Balaban J connectivity index is 1.94. The number of carbonyl (C=O) groups is 1. The number of rotatable bonds is 6. The van der Waals surface area contributed by atoms with Gasteiger partial charge in [-0.3, -0.25) is 19.6 Å². The molecule has 166 valence electrons. The lowest BCUT2D eigenvalue weighted by atomic mass is 9.98. The van der Waals surface area contributed by atoms with E-state index >= 15 is 0 Å². The smallest absolute Gasteiger partial charge is 0.274 e. The van der Waals surface area contributed by atoms with Crippen molar-refractivity contribution in [3.63, 3.8) is 0 Å². The van der Waals surface area contributed by atoms with E-state index in [1.807, 2.05) is 6.26 Å². The number of hydrogen-bond acceptors (Lipinski definition) is 6. The highest BCUT2D eigenvalue weighted by Crippen LogP contribution is 2.30. The summed E-state index contributed by atoms with van der Waals surface area (Å²) in [6.07, 6.45) is 3.68. The predicted molar refractivity (Wildman–Crippen MR) is 121 cm³/mol. The molecule has 31 heavy (non-hydrogen) atoms. The maximum atomic E-state index is 13.1. The molecule has 1 fully saturated rings. The van der Waals surface area contributed by atoms with Crippen molar-refractivity contribution >= 4 is 39.1 Å². The van der Waals surface area contributed by atoms with Crippen LogP contribution in [0.2, 0.25) is 0 Å². The molecule has 0 saturated carbocycles. The zero-order valence-corrected chi connectivity index (χ0v) is 19.3. The molecule has 0 bridgehead atoms. The minimum absolute atomic E-state index is 0.0649. The lowest BCUT2D eigenvalue weighted by Gasteiger charge is -2.30. The second-order valence-corrected chi connectivity index (χ2v) is 10.2. The zero-order valence-electron chi connectivity index (χ0n) is 17.6. The number of hydrogen-bond donors (Lipinski definition) is 1. The molecule has 0 radical (unpaired) electrons. The molecule has 2 aromatic rings. The van der Waals surface area contributed by atoms with Crippen LogP contribution in [-0.4, -0.2) is 43.5 Å². The van der Waals surface area contributed by atoms with Crippen LogP contribution in [0.1, 0.15) is 35.7 Å². The lowest BCUT2D eigenvalue weighted by Crippen LogP contribution is -2.38. The maximum Gasteiger partial charge on any atom is 0.274 e. The van der Waals surface area contributed by atoms with Crippen LogP contribution in [-0.2, 0) is 10.0 Å².